The molecule has 1 aliphatic carbocycles. The van der Waals surface area contributed by atoms with Crippen molar-refractivity contribution in [1.82, 2.24) is 9.78 Å². The monoisotopic (exact) mass is 251 g/mol. The minimum Gasteiger partial charge on any atom is -0.403 e. The first-order chi connectivity index (χ1) is 9.51. The summed E-state index contributed by atoms with van der Waals surface area (Å²) in [6.45, 7) is 5.94. The Kier molecular flexibility index (Phi) is 1.83. The van der Waals surface area contributed by atoms with Crippen LogP contribution >= 0.6 is 0 Å². The first-order valence-corrected chi connectivity index (χ1v) is 6.42. The highest BCUT2D eigenvalue weighted by Crippen LogP contribution is 2.58. The molecule has 0 N–H and O–H groups in total. The van der Waals surface area contributed by atoms with Crippen molar-refractivity contribution in [2.75, 3.05) is 0 Å². The third kappa shape index (κ3) is 1.80. The molecule has 18 heavy (non-hydrogen) atoms. The SMILES string of the molecule is [2H]C([2H])([2H])n1cc([C@H]2C[C@@H]2B2OC(C)(C)C(C)(C)O2)cn1. The molecule has 0 radical (unpaired) electrons. The summed E-state index contributed by atoms with van der Waals surface area (Å²) in [5.74, 6) is 0.552. The maximum atomic E-state index is 7.35. The Morgan fingerprint density at radius 3 is 2.61 bits per heavy atom. The van der Waals surface area contributed by atoms with Crippen molar-refractivity contribution < 1.29 is 13.4 Å². The van der Waals surface area contributed by atoms with E-state index in [2.05, 4.69) is 5.10 Å². The molecule has 0 bridgehead atoms. The fraction of sp³-hybridized carbons (Fsp3) is 0.769. The van der Waals surface area contributed by atoms with E-state index in [0.29, 0.717) is 0 Å². The topological polar surface area (TPSA) is 36.3 Å². The molecular formula is C13H21BN2O2. The maximum Gasteiger partial charge on any atom is 0.461 e. The molecule has 1 saturated carbocycles. The van der Waals surface area contributed by atoms with E-state index in [1.54, 1.807) is 12.4 Å². The summed E-state index contributed by atoms with van der Waals surface area (Å²) < 4.78 is 35.2. The average Bonchev–Trinajstić information content (AvgIpc) is 2.87. The van der Waals surface area contributed by atoms with E-state index in [9.17, 15) is 0 Å². The summed E-state index contributed by atoms with van der Waals surface area (Å²) in [5, 5.41) is 3.94. The summed E-state index contributed by atoms with van der Waals surface area (Å²) in [4.78, 5) is 0. The van der Waals surface area contributed by atoms with Crippen molar-refractivity contribution in [2.24, 2.45) is 6.98 Å². The van der Waals surface area contributed by atoms with E-state index in [4.69, 9.17) is 13.4 Å². The molecule has 5 heteroatoms. The molecule has 3 rings (SSSR count). The molecule has 0 unspecified atom stereocenters. The van der Waals surface area contributed by atoms with Gasteiger partial charge in [0.05, 0.1) is 17.4 Å². The van der Waals surface area contributed by atoms with Gasteiger partial charge in [-0.15, -0.1) is 0 Å². The van der Waals surface area contributed by atoms with Crippen molar-refractivity contribution >= 4 is 7.12 Å². The van der Waals surface area contributed by atoms with Gasteiger partial charge in [0.15, 0.2) is 0 Å². The highest BCUT2D eigenvalue weighted by Gasteiger charge is 2.60. The van der Waals surface area contributed by atoms with Gasteiger partial charge in [0, 0.05) is 23.1 Å². The normalized spacial score (nSPS) is 36.0. The standard InChI is InChI=1S/C13H21BN2O2/c1-12(2)13(3,4)18-14(17-12)11-6-10(11)9-7-15-16(5)8-9/h7-8,10-11H,6H2,1-5H3/t10-,11+/m1/s1/i5D3. The van der Waals surface area contributed by atoms with Crippen LogP contribution in [0.4, 0.5) is 0 Å². The van der Waals surface area contributed by atoms with Gasteiger partial charge in [0.1, 0.15) is 0 Å². The van der Waals surface area contributed by atoms with Gasteiger partial charge in [-0.1, -0.05) is 0 Å². The largest absolute Gasteiger partial charge is 0.461 e. The molecule has 1 aromatic heterocycles. The molecular weight excluding hydrogens is 227 g/mol. The Hall–Kier alpha value is -0.805. The maximum absolute atomic E-state index is 7.35. The second-order valence-corrected chi connectivity index (χ2v) is 6.35. The van der Waals surface area contributed by atoms with Crippen molar-refractivity contribution in [3.63, 3.8) is 0 Å². The molecule has 0 amide bonds. The molecule has 4 nitrogen and oxygen atoms in total. The van der Waals surface area contributed by atoms with E-state index in [1.165, 1.54) is 0 Å². The number of aryl methyl sites for hydroxylation is 1. The quantitative estimate of drug-likeness (QED) is 0.757. The molecule has 0 aromatic carbocycles. The fourth-order valence-electron chi connectivity index (χ4n) is 2.49. The molecule has 1 aliphatic heterocycles. The second-order valence-electron chi connectivity index (χ2n) is 6.35. The van der Waals surface area contributed by atoms with Crippen LogP contribution in [-0.4, -0.2) is 28.1 Å². The lowest BCUT2D eigenvalue weighted by molar-refractivity contribution is 0.00578. The van der Waals surface area contributed by atoms with E-state index in [1.807, 2.05) is 27.7 Å². The van der Waals surface area contributed by atoms with Crippen LogP contribution in [0.2, 0.25) is 5.82 Å². The molecule has 98 valence electrons. The van der Waals surface area contributed by atoms with Crippen LogP contribution in [-0.2, 0) is 16.3 Å². The lowest BCUT2D eigenvalue weighted by Crippen LogP contribution is -2.41. The predicted molar refractivity (Wildman–Crippen MR) is 70.4 cm³/mol. The average molecular weight is 251 g/mol. The third-order valence-corrected chi connectivity index (χ3v) is 4.49. The van der Waals surface area contributed by atoms with E-state index < -0.39 is 6.98 Å². The molecule has 2 atom stereocenters. The highest BCUT2D eigenvalue weighted by molar-refractivity contribution is 6.49. The van der Waals surface area contributed by atoms with Crippen molar-refractivity contribution in [2.45, 2.75) is 57.1 Å². The molecule has 0 spiro atoms. The van der Waals surface area contributed by atoms with Gasteiger partial charge in [-0.05, 0) is 45.6 Å². The summed E-state index contributed by atoms with van der Waals surface area (Å²) >= 11 is 0. The first-order valence-electron chi connectivity index (χ1n) is 7.92. The molecule has 1 saturated heterocycles. The van der Waals surface area contributed by atoms with Gasteiger partial charge >= 0.3 is 7.12 Å². The fourth-order valence-corrected chi connectivity index (χ4v) is 2.49. The van der Waals surface area contributed by atoms with Gasteiger partial charge in [-0.3, -0.25) is 4.68 Å². The highest BCUT2D eigenvalue weighted by atomic mass is 16.7. The van der Waals surface area contributed by atoms with Gasteiger partial charge < -0.3 is 9.31 Å². The van der Waals surface area contributed by atoms with Gasteiger partial charge in [0.2, 0.25) is 0 Å². The zero-order chi connectivity index (χ0) is 15.6. The lowest BCUT2D eigenvalue weighted by Gasteiger charge is -2.32. The van der Waals surface area contributed by atoms with Crippen LogP contribution in [0.5, 0.6) is 0 Å². The number of nitrogens with zero attached hydrogens (tertiary/aromatic N) is 2. The smallest absolute Gasteiger partial charge is 0.403 e. The van der Waals surface area contributed by atoms with E-state index >= 15 is 0 Å². The van der Waals surface area contributed by atoms with Gasteiger partial charge in [-0.2, -0.15) is 5.10 Å². The first kappa shape index (κ1) is 9.15. The number of hydrogen-bond donors (Lipinski definition) is 0. The second kappa shape index (κ2) is 3.61. The Bertz CT molecular complexity index is 540. The lowest BCUT2D eigenvalue weighted by atomic mass is 9.80. The minimum atomic E-state index is -2.22. The predicted octanol–water partition coefficient (Wildman–Crippen LogP) is 2.37. The minimum absolute atomic E-state index is 0.226. The number of hydrogen-bond acceptors (Lipinski definition) is 3. The van der Waals surface area contributed by atoms with Crippen molar-refractivity contribution in [3.05, 3.63) is 18.0 Å². The van der Waals surface area contributed by atoms with Crippen LogP contribution < -0.4 is 0 Å². The van der Waals surface area contributed by atoms with Crippen LogP contribution in [0, 0.1) is 0 Å². The number of rotatable bonds is 2. The summed E-state index contributed by atoms with van der Waals surface area (Å²) in [7, 11) is -0.226. The summed E-state index contributed by atoms with van der Waals surface area (Å²) in [6.07, 6.45) is 4.20. The van der Waals surface area contributed by atoms with Crippen LogP contribution in [0.25, 0.3) is 0 Å². The van der Waals surface area contributed by atoms with Crippen molar-refractivity contribution in [3.8, 4) is 0 Å². The summed E-state index contributed by atoms with van der Waals surface area (Å²) in [5.41, 5.74) is 0.298. The zero-order valence-electron chi connectivity index (χ0n) is 14.3. The van der Waals surface area contributed by atoms with Crippen LogP contribution in [0.3, 0.4) is 0 Å². The van der Waals surface area contributed by atoms with Crippen LogP contribution in [0.15, 0.2) is 12.4 Å². The Balaban J connectivity index is 1.69. The van der Waals surface area contributed by atoms with Gasteiger partial charge in [0.25, 0.3) is 0 Å². The van der Waals surface area contributed by atoms with Gasteiger partial charge in [-0.25, -0.2) is 0 Å². The molecule has 2 aliphatic rings. The van der Waals surface area contributed by atoms with Crippen LogP contribution in [0.1, 0.15) is 49.7 Å². The van der Waals surface area contributed by atoms with E-state index in [0.717, 1.165) is 16.7 Å². The molecule has 2 heterocycles. The summed E-state index contributed by atoms with van der Waals surface area (Å²) in [6, 6.07) is 0. The Labute approximate surface area is 113 Å². The third-order valence-electron chi connectivity index (χ3n) is 4.49. The van der Waals surface area contributed by atoms with E-state index in [-0.39, 0.29) is 30.1 Å². The van der Waals surface area contributed by atoms with Crippen molar-refractivity contribution in [1.29, 1.82) is 0 Å². The Morgan fingerprint density at radius 2 is 2.06 bits per heavy atom. The Morgan fingerprint density at radius 1 is 1.39 bits per heavy atom. The molecule has 2 fully saturated rings. The number of aromatic nitrogens is 2. The zero-order valence-corrected chi connectivity index (χ0v) is 11.3. The molecule has 1 aromatic rings.